The maximum absolute atomic E-state index is 13.1. The normalized spacial score (nSPS) is 10.5. The molecule has 2 aromatic heterocycles. The highest BCUT2D eigenvalue weighted by Crippen LogP contribution is 2.25. The second kappa shape index (κ2) is 7.90. The number of pyridine rings is 2. The topological polar surface area (TPSA) is 84.0 Å². The molecule has 2 amide bonds. The van der Waals surface area contributed by atoms with Crippen molar-refractivity contribution in [3.8, 4) is 11.3 Å². The maximum atomic E-state index is 13.1. The Balaban J connectivity index is 1.75. The SMILES string of the molecule is CNC(=O)c1cccc(NC(=O)c2cc(-c3cccnc3)nc3ccccc23)c1. The molecule has 0 saturated carbocycles. The fourth-order valence-corrected chi connectivity index (χ4v) is 3.11. The summed E-state index contributed by atoms with van der Waals surface area (Å²) in [6.07, 6.45) is 3.41. The lowest BCUT2D eigenvalue weighted by atomic mass is 10.0. The molecule has 6 nitrogen and oxygen atoms in total. The monoisotopic (exact) mass is 382 g/mol. The van der Waals surface area contributed by atoms with Gasteiger partial charge in [0.2, 0.25) is 0 Å². The summed E-state index contributed by atoms with van der Waals surface area (Å²) in [7, 11) is 1.57. The molecule has 4 rings (SSSR count). The summed E-state index contributed by atoms with van der Waals surface area (Å²) in [6, 6.07) is 19.8. The van der Waals surface area contributed by atoms with Gasteiger partial charge in [-0.1, -0.05) is 24.3 Å². The van der Waals surface area contributed by atoms with Gasteiger partial charge in [-0.05, 0) is 42.5 Å². The minimum Gasteiger partial charge on any atom is -0.355 e. The standard InChI is InChI=1S/C23H18N4O2/c1-24-22(28)15-6-4-8-17(12-15)26-23(29)19-13-21(16-7-5-11-25-14-16)27-20-10-3-2-9-18(19)20/h2-14H,1H3,(H,24,28)(H,26,29). The van der Waals surface area contributed by atoms with E-state index in [1.807, 2.05) is 36.4 Å². The van der Waals surface area contributed by atoms with E-state index in [2.05, 4.69) is 20.6 Å². The molecule has 0 saturated heterocycles. The van der Waals surface area contributed by atoms with Gasteiger partial charge in [0, 0.05) is 41.6 Å². The maximum Gasteiger partial charge on any atom is 0.256 e. The first-order valence-electron chi connectivity index (χ1n) is 9.09. The molecule has 4 aromatic rings. The van der Waals surface area contributed by atoms with Gasteiger partial charge < -0.3 is 10.6 Å². The first-order valence-corrected chi connectivity index (χ1v) is 9.09. The van der Waals surface area contributed by atoms with Crippen LogP contribution in [0.5, 0.6) is 0 Å². The van der Waals surface area contributed by atoms with Crippen LogP contribution in [0, 0.1) is 0 Å². The summed E-state index contributed by atoms with van der Waals surface area (Å²) in [5.41, 5.74) is 3.73. The minimum absolute atomic E-state index is 0.214. The number of hydrogen-bond acceptors (Lipinski definition) is 4. The lowest BCUT2D eigenvalue weighted by Gasteiger charge is -2.11. The Kier molecular flexibility index (Phi) is 4.99. The number of para-hydroxylation sites is 1. The van der Waals surface area contributed by atoms with Gasteiger partial charge in [0.1, 0.15) is 0 Å². The van der Waals surface area contributed by atoms with Crippen LogP contribution in [-0.4, -0.2) is 28.8 Å². The first kappa shape index (κ1) is 18.3. The molecule has 2 heterocycles. The van der Waals surface area contributed by atoms with Crippen LogP contribution >= 0.6 is 0 Å². The lowest BCUT2D eigenvalue weighted by Crippen LogP contribution is -2.18. The van der Waals surface area contributed by atoms with Gasteiger partial charge in [0.25, 0.3) is 11.8 Å². The van der Waals surface area contributed by atoms with Gasteiger partial charge in [0.05, 0.1) is 16.8 Å². The molecule has 0 radical (unpaired) electrons. The Bertz CT molecular complexity index is 1210. The van der Waals surface area contributed by atoms with E-state index >= 15 is 0 Å². The number of carbonyl (C=O) groups is 2. The molecule has 29 heavy (non-hydrogen) atoms. The number of anilines is 1. The molecule has 0 aliphatic heterocycles. The average Bonchev–Trinajstić information content (AvgIpc) is 2.78. The summed E-state index contributed by atoms with van der Waals surface area (Å²) >= 11 is 0. The average molecular weight is 382 g/mol. The fourth-order valence-electron chi connectivity index (χ4n) is 3.11. The molecule has 142 valence electrons. The number of amides is 2. The van der Waals surface area contributed by atoms with Crippen molar-refractivity contribution in [2.45, 2.75) is 0 Å². The van der Waals surface area contributed by atoms with Crippen LogP contribution in [-0.2, 0) is 0 Å². The van der Waals surface area contributed by atoms with Crippen molar-refractivity contribution in [2.24, 2.45) is 0 Å². The Labute approximate surface area is 167 Å². The number of fused-ring (bicyclic) bond motifs is 1. The number of nitrogens with zero attached hydrogens (tertiary/aromatic N) is 2. The van der Waals surface area contributed by atoms with Gasteiger partial charge in [0.15, 0.2) is 0 Å². The Morgan fingerprint density at radius 3 is 2.55 bits per heavy atom. The molecule has 6 heteroatoms. The molecule has 0 fully saturated rings. The third-order valence-corrected chi connectivity index (χ3v) is 4.53. The second-order valence-electron chi connectivity index (χ2n) is 6.43. The van der Waals surface area contributed by atoms with Gasteiger partial charge in [-0.25, -0.2) is 4.98 Å². The second-order valence-corrected chi connectivity index (χ2v) is 6.43. The van der Waals surface area contributed by atoms with E-state index in [4.69, 9.17) is 0 Å². The highest BCUT2D eigenvalue weighted by molar-refractivity contribution is 6.13. The zero-order chi connectivity index (χ0) is 20.2. The van der Waals surface area contributed by atoms with E-state index in [1.54, 1.807) is 49.8 Å². The summed E-state index contributed by atoms with van der Waals surface area (Å²) < 4.78 is 0. The van der Waals surface area contributed by atoms with E-state index in [9.17, 15) is 9.59 Å². The van der Waals surface area contributed by atoms with Crippen molar-refractivity contribution in [1.29, 1.82) is 0 Å². The predicted molar refractivity (Wildman–Crippen MR) is 113 cm³/mol. The van der Waals surface area contributed by atoms with Crippen LogP contribution in [0.3, 0.4) is 0 Å². The van der Waals surface area contributed by atoms with Crippen molar-refractivity contribution in [1.82, 2.24) is 15.3 Å². The Morgan fingerprint density at radius 1 is 0.897 bits per heavy atom. The van der Waals surface area contributed by atoms with Crippen molar-refractivity contribution >= 4 is 28.4 Å². The van der Waals surface area contributed by atoms with Crippen LogP contribution in [0.15, 0.2) is 79.1 Å². The van der Waals surface area contributed by atoms with E-state index < -0.39 is 0 Å². The van der Waals surface area contributed by atoms with E-state index in [-0.39, 0.29) is 11.8 Å². The van der Waals surface area contributed by atoms with E-state index in [0.29, 0.717) is 22.5 Å². The zero-order valence-corrected chi connectivity index (χ0v) is 15.7. The summed E-state index contributed by atoms with van der Waals surface area (Å²) in [5.74, 6) is -0.489. The smallest absolute Gasteiger partial charge is 0.256 e. The number of carbonyl (C=O) groups excluding carboxylic acids is 2. The van der Waals surface area contributed by atoms with Crippen molar-refractivity contribution in [3.05, 3.63) is 90.3 Å². The predicted octanol–water partition coefficient (Wildman–Crippen LogP) is 3.91. The Morgan fingerprint density at radius 2 is 1.76 bits per heavy atom. The number of nitrogens with one attached hydrogen (secondary N) is 2. The molecule has 0 aliphatic carbocycles. The largest absolute Gasteiger partial charge is 0.355 e. The quantitative estimate of drug-likeness (QED) is 0.560. The molecule has 0 bridgehead atoms. The van der Waals surface area contributed by atoms with Gasteiger partial charge in [-0.2, -0.15) is 0 Å². The van der Waals surface area contributed by atoms with Crippen LogP contribution in [0.1, 0.15) is 20.7 Å². The molecule has 2 aromatic carbocycles. The highest BCUT2D eigenvalue weighted by atomic mass is 16.2. The van der Waals surface area contributed by atoms with Crippen molar-refractivity contribution in [2.75, 3.05) is 12.4 Å². The molecule has 0 spiro atoms. The number of benzene rings is 2. The van der Waals surface area contributed by atoms with Crippen LogP contribution in [0.4, 0.5) is 5.69 Å². The molecule has 0 atom stereocenters. The van der Waals surface area contributed by atoms with Gasteiger partial charge in [-0.15, -0.1) is 0 Å². The van der Waals surface area contributed by atoms with E-state index in [1.165, 1.54) is 0 Å². The molecule has 0 unspecified atom stereocenters. The zero-order valence-electron chi connectivity index (χ0n) is 15.7. The molecule has 0 aliphatic rings. The van der Waals surface area contributed by atoms with Crippen LogP contribution in [0.2, 0.25) is 0 Å². The number of rotatable bonds is 4. The van der Waals surface area contributed by atoms with Crippen molar-refractivity contribution < 1.29 is 9.59 Å². The van der Waals surface area contributed by atoms with Crippen LogP contribution < -0.4 is 10.6 Å². The summed E-state index contributed by atoms with van der Waals surface area (Å²) in [6.45, 7) is 0. The number of hydrogen-bond donors (Lipinski definition) is 2. The van der Waals surface area contributed by atoms with Crippen molar-refractivity contribution in [3.63, 3.8) is 0 Å². The molecular weight excluding hydrogens is 364 g/mol. The highest BCUT2D eigenvalue weighted by Gasteiger charge is 2.15. The summed E-state index contributed by atoms with van der Waals surface area (Å²) in [5, 5.41) is 6.21. The van der Waals surface area contributed by atoms with E-state index in [0.717, 1.165) is 16.5 Å². The van der Waals surface area contributed by atoms with Gasteiger partial charge in [-0.3, -0.25) is 14.6 Å². The number of aromatic nitrogens is 2. The third kappa shape index (κ3) is 3.82. The fraction of sp³-hybridized carbons (Fsp3) is 0.0435. The summed E-state index contributed by atoms with van der Waals surface area (Å²) in [4.78, 5) is 33.8. The Hall–Kier alpha value is -4.06. The first-order chi connectivity index (χ1) is 14.2. The van der Waals surface area contributed by atoms with Crippen LogP contribution in [0.25, 0.3) is 22.2 Å². The minimum atomic E-state index is -0.275. The molecular formula is C23H18N4O2. The third-order valence-electron chi connectivity index (χ3n) is 4.53. The van der Waals surface area contributed by atoms with Gasteiger partial charge >= 0.3 is 0 Å². The molecule has 2 N–H and O–H groups in total. The lowest BCUT2D eigenvalue weighted by molar-refractivity contribution is 0.0961.